The molecular formula is C27H27FN2O4. The standard InChI is InChI=1S/C27H27FN2O4/c1-3-17-5-6-19(14-25(31)32-4-2)24(13-17)34-16-18-11-20-8-10-33-27(20)22(12-18)21-7-9-30-23(15-29)26(21)28/h5-13H,3-4,14-16,29H2,1-2H3. The molecule has 0 fully saturated rings. The number of rotatable bonds is 9. The van der Waals surface area contributed by atoms with Gasteiger partial charge in [-0.15, -0.1) is 0 Å². The second-order valence-electron chi connectivity index (χ2n) is 7.87. The lowest BCUT2D eigenvalue weighted by Crippen LogP contribution is -2.09. The van der Waals surface area contributed by atoms with Crippen LogP contribution in [0.4, 0.5) is 4.39 Å². The van der Waals surface area contributed by atoms with Gasteiger partial charge in [0.2, 0.25) is 0 Å². The van der Waals surface area contributed by atoms with Crippen LogP contribution < -0.4 is 10.5 Å². The predicted molar refractivity (Wildman–Crippen MR) is 128 cm³/mol. The molecule has 0 saturated heterocycles. The molecule has 7 heteroatoms. The molecule has 0 aliphatic rings. The third-order valence-electron chi connectivity index (χ3n) is 5.63. The summed E-state index contributed by atoms with van der Waals surface area (Å²) in [5.74, 6) is -0.141. The fraction of sp³-hybridized carbons (Fsp3) is 0.259. The van der Waals surface area contributed by atoms with Crippen LogP contribution in [-0.4, -0.2) is 17.6 Å². The van der Waals surface area contributed by atoms with E-state index in [0.717, 1.165) is 28.5 Å². The van der Waals surface area contributed by atoms with Gasteiger partial charge in [0.25, 0.3) is 0 Å². The number of ether oxygens (including phenoxy) is 2. The van der Waals surface area contributed by atoms with Crippen molar-refractivity contribution in [2.24, 2.45) is 5.73 Å². The van der Waals surface area contributed by atoms with Gasteiger partial charge in [0.1, 0.15) is 17.9 Å². The Balaban J connectivity index is 1.67. The number of hydrogen-bond acceptors (Lipinski definition) is 6. The molecule has 176 valence electrons. The van der Waals surface area contributed by atoms with E-state index in [1.807, 2.05) is 36.4 Å². The molecule has 0 radical (unpaired) electrons. The number of esters is 1. The van der Waals surface area contributed by atoms with Crippen molar-refractivity contribution in [2.75, 3.05) is 6.61 Å². The lowest BCUT2D eigenvalue weighted by molar-refractivity contribution is -0.142. The van der Waals surface area contributed by atoms with Gasteiger partial charge in [-0.05, 0) is 54.8 Å². The quantitative estimate of drug-likeness (QED) is 0.338. The first-order valence-electron chi connectivity index (χ1n) is 11.3. The van der Waals surface area contributed by atoms with E-state index >= 15 is 4.39 Å². The van der Waals surface area contributed by atoms with Crippen molar-refractivity contribution < 1.29 is 23.1 Å². The zero-order valence-corrected chi connectivity index (χ0v) is 19.3. The number of hydrogen-bond donors (Lipinski definition) is 1. The zero-order chi connectivity index (χ0) is 24.1. The minimum atomic E-state index is -0.465. The summed E-state index contributed by atoms with van der Waals surface area (Å²) in [5.41, 5.74) is 10.1. The predicted octanol–water partition coefficient (Wildman–Crippen LogP) is 5.34. The fourth-order valence-corrected chi connectivity index (χ4v) is 3.89. The van der Waals surface area contributed by atoms with Gasteiger partial charge >= 0.3 is 5.97 Å². The lowest BCUT2D eigenvalue weighted by atomic mass is 10.00. The fourth-order valence-electron chi connectivity index (χ4n) is 3.89. The molecule has 0 amide bonds. The minimum absolute atomic E-state index is 0.000778. The topological polar surface area (TPSA) is 87.6 Å². The van der Waals surface area contributed by atoms with E-state index in [-0.39, 0.29) is 31.2 Å². The average molecular weight is 463 g/mol. The number of furan rings is 1. The first-order chi connectivity index (χ1) is 16.5. The number of halogens is 1. The summed E-state index contributed by atoms with van der Waals surface area (Å²) in [7, 11) is 0. The van der Waals surface area contributed by atoms with E-state index in [1.165, 1.54) is 6.20 Å². The minimum Gasteiger partial charge on any atom is -0.489 e. The van der Waals surface area contributed by atoms with Crippen molar-refractivity contribution >= 4 is 16.9 Å². The monoisotopic (exact) mass is 462 g/mol. The van der Waals surface area contributed by atoms with Gasteiger partial charge in [-0.3, -0.25) is 9.78 Å². The van der Waals surface area contributed by atoms with Crippen LogP contribution in [0.25, 0.3) is 22.1 Å². The second kappa shape index (κ2) is 10.5. The van der Waals surface area contributed by atoms with Crippen LogP contribution in [0.5, 0.6) is 5.75 Å². The van der Waals surface area contributed by atoms with Crippen molar-refractivity contribution in [3.8, 4) is 16.9 Å². The van der Waals surface area contributed by atoms with Gasteiger partial charge in [0.05, 0.1) is 25.0 Å². The summed E-state index contributed by atoms with van der Waals surface area (Å²) < 4.78 is 32.0. The molecule has 0 saturated carbocycles. The van der Waals surface area contributed by atoms with Gasteiger partial charge in [-0.2, -0.15) is 0 Å². The number of carbonyl (C=O) groups excluding carboxylic acids is 1. The van der Waals surface area contributed by atoms with Crippen molar-refractivity contribution in [3.63, 3.8) is 0 Å². The van der Waals surface area contributed by atoms with E-state index in [9.17, 15) is 4.79 Å². The molecule has 2 aromatic carbocycles. The molecule has 0 aliphatic heterocycles. The number of carbonyl (C=O) groups is 1. The van der Waals surface area contributed by atoms with Gasteiger partial charge in [0, 0.05) is 34.8 Å². The van der Waals surface area contributed by atoms with Gasteiger partial charge in [-0.25, -0.2) is 4.39 Å². The summed E-state index contributed by atoms with van der Waals surface area (Å²) in [6.45, 7) is 4.39. The van der Waals surface area contributed by atoms with Crippen LogP contribution in [-0.2, 0) is 35.5 Å². The Morgan fingerprint density at radius 3 is 2.71 bits per heavy atom. The molecule has 2 N–H and O–H groups in total. The molecule has 0 bridgehead atoms. The number of benzene rings is 2. The van der Waals surface area contributed by atoms with Crippen molar-refractivity contribution in [1.82, 2.24) is 4.98 Å². The molecular weight excluding hydrogens is 435 g/mol. The Bertz CT molecular complexity index is 1320. The van der Waals surface area contributed by atoms with Gasteiger partial charge in [-0.1, -0.05) is 19.1 Å². The summed E-state index contributed by atoms with van der Waals surface area (Å²) in [5, 5.41) is 0.829. The largest absolute Gasteiger partial charge is 0.489 e. The van der Waals surface area contributed by atoms with E-state index in [2.05, 4.69) is 11.9 Å². The molecule has 0 aliphatic carbocycles. The zero-order valence-electron chi connectivity index (χ0n) is 19.3. The highest BCUT2D eigenvalue weighted by Gasteiger charge is 2.17. The molecule has 2 aromatic heterocycles. The third-order valence-corrected chi connectivity index (χ3v) is 5.63. The first-order valence-corrected chi connectivity index (χ1v) is 11.3. The number of aryl methyl sites for hydroxylation is 1. The molecule has 4 aromatic rings. The number of pyridine rings is 1. The maximum atomic E-state index is 15.0. The molecule has 4 rings (SSSR count). The van der Waals surface area contributed by atoms with E-state index in [0.29, 0.717) is 29.1 Å². The Hall–Kier alpha value is -3.71. The third kappa shape index (κ3) is 4.94. The molecule has 6 nitrogen and oxygen atoms in total. The Morgan fingerprint density at radius 1 is 1.09 bits per heavy atom. The Morgan fingerprint density at radius 2 is 1.94 bits per heavy atom. The highest BCUT2D eigenvalue weighted by atomic mass is 19.1. The average Bonchev–Trinajstić information content (AvgIpc) is 3.32. The van der Waals surface area contributed by atoms with E-state index in [4.69, 9.17) is 19.6 Å². The van der Waals surface area contributed by atoms with Crippen LogP contribution in [0, 0.1) is 5.82 Å². The highest BCUT2D eigenvalue weighted by molar-refractivity contribution is 5.93. The van der Waals surface area contributed by atoms with Gasteiger partial charge in [0.15, 0.2) is 5.82 Å². The summed E-state index contributed by atoms with van der Waals surface area (Å²) >= 11 is 0. The number of fused-ring (bicyclic) bond motifs is 1. The number of nitrogens with two attached hydrogens (primary N) is 1. The van der Waals surface area contributed by atoms with Crippen LogP contribution in [0.3, 0.4) is 0 Å². The van der Waals surface area contributed by atoms with Crippen molar-refractivity contribution in [3.05, 3.63) is 83.1 Å². The van der Waals surface area contributed by atoms with Crippen LogP contribution >= 0.6 is 0 Å². The maximum absolute atomic E-state index is 15.0. The molecule has 2 heterocycles. The molecule has 34 heavy (non-hydrogen) atoms. The van der Waals surface area contributed by atoms with E-state index in [1.54, 1.807) is 19.3 Å². The molecule has 0 atom stereocenters. The van der Waals surface area contributed by atoms with Gasteiger partial charge < -0.3 is 19.6 Å². The van der Waals surface area contributed by atoms with Crippen LogP contribution in [0.1, 0.15) is 36.2 Å². The van der Waals surface area contributed by atoms with E-state index < -0.39 is 5.82 Å². The lowest BCUT2D eigenvalue weighted by Gasteiger charge is -2.14. The SMILES string of the molecule is CCOC(=O)Cc1ccc(CC)cc1OCc1cc(-c2ccnc(CN)c2F)c2occc2c1. The van der Waals surface area contributed by atoms with Crippen LogP contribution in [0.2, 0.25) is 0 Å². The highest BCUT2D eigenvalue weighted by Crippen LogP contribution is 2.34. The normalized spacial score (nSPS) is 11.1. The van der Waals surface area contributed by atoms with Crippen molar-refractivity contribution in [1.29, 1.82) is 0 Å². The maximum Gasteiger partial charge on any atom is 0.310 e. The Labute approximate surface area is 197 Å². The number of aromatic nitrogens is 1. The summed E-state index contributed by atoms with van der Waals surface area (Å²) in [4.78, 5) is 16.1. The first kappa shape index (κ1) is 23.4. The smallest absolute Gasteiger partial charge is 0.310 e. The van der Waals surface area contributed by atoms with Crippen molar-refractivity contribution in [2.45, 2.75) is 39.8 Å². The second-order valence-corrected chi connectivity index (χ2v) is 7.87. The summed E-state index contributed by atoms with van der Waals surface area (Å²) in [6, 6.07) is 13.1. The molecule has 0 spiro atoms. The summed E-state index contributed by atoms with van der Waals surface area (Å²) in [6.07, 6.45) is 4.08. The molecule has 0 unspecified atom stereocenters. The Kier molecular flexibility index (Phi) is 7.23. The number of nitrogens with zero attached hydrogens (tertiary/aromatic N) is 1. The van der Waals surface area contributed by atoms with Crippen LogP contribution in [0.15, 0.2) is 59.3 Å².